The molecule has 0 rings (SSSR count). The zero-order valence-electron chi connectivity index (χ0n) is 13.2. The van der Waals surface area contributed by atoms with E-state index in [9.17, 15) is 9.59 Å². The Labute approximate surface area is 126 Å². The van der Waals surface area contributed by atoms with Crippen molar-refractivity contribution >= 4 is 12.1 Å². The molecular formula is C15H25NO5. The van der Waals surface area contributed by atoms with E-state index in [0.717, 1.165) is 0 Å². The second kappa shape index (κ2) is 9.18. The fourth-order valence-electron chi connectivity index (χ4n) is 1.24. The highest BCUT2D eigenvalue weighted by Crippen LogP contribution is 2.07. The molecule has 2 atom stereocenters. The monoisotopic (exact) mass is 299 g/mol. The van der Waals surface area contributed by atoms with Gasteiger partial charge in [0, 0.05) is 6.92 Å². The number of rotatable bonds is 8. The highest BCUT2D eigenvalue weighted by molar-refractivity contribution is 5.68. The van der Waals surface area contributed by atoms with Crippen molar-refractivity contribution in [2.75, 3.05) is 13.2 Å². The first-order chi connectivity index (χ1) is 9.67. The molecule has 21 heavy (non-hydrogen) atoms. The molecule has 0 saturated carbocycles. The number of alkyl carbamates (subject to hydrolysis) is 1. The van der Waals surface area contributed by atoms with Gasteiger partial charge in [0.25, 0.3) is 0 Å². The lowest BCUT2D eigenvalue weighted by Gasteiger charge is -2.23. The van der Waals surface area contributed by atoms with Crippen molar-refractivity contribution in [2.45, 2.75) is 45.4 Å². The Balaban J connectivity index is 4.24. The van der Waals surface area contributed by atoms with Gasteiger partial charge >= 0.3 is 12.1 Å². The summed E-state index contributed by atoms with van der Waals surface area (Å²) < 4.78 is 15.5. The van der Waals surface area contributed by atoms with Gasteiger partial charge in [-0.15, -0.1) is 13.2 Å². The van der Waals surface area contributed by atoms with E-state index in [0.29, 0.717) is 0 Å². The highest BCUT2D eigenvalue weighted by atomic mass is 16.6. The Bertz CT molecular complexity index is 373. The summed E-state index contributed by atoms with van der Waals surface area (Å²) >= 11 is 0. The van der Waals surface area contributed by atoms with Crippen LogP contribution in [-0.4, -0.2) is 43.0 Å². The van der Waals surface area contributed by atoms with Crippen LogP contribution >= 0.6 is 0 Å². The minimum Gasteiger partial charge on any atom is -0.463 e. The molecule has 0 aromatic carbocycles. The van der Waals surface area contributed by atoms with E-state index in [1.54, 1.807) is 20.8 Å². The minimum atomic E-state index is -0.574. The third-order valence-corrected chi connectivity index (χ3v) is 2.19. The van der Waals surface area contributed by atoms with E-state index < -0.39 is 29.8 Å². The molecule has 0 aliphatic carbocycles. The van der Waals surface area contributed by atoms with Crippen LogP contribution in [0.25, 0.3) is 0 Å². The lowest BCUT2D eigenvalue weighted by molar-refractivity contribution is -0.144. The largest absolute Gasteiger partial charge is 0.463 e. The molecule has 0 spiro atoms. The predicted molar refractivity (Wildman–Crippen MR) is 79.9 cm³/mol. The summed E-state index contributed by atoms with van der Waals surface area (Å²) in [7, 11) is 0. The van der Waals surface area contributed by atoms with Crippen molar-refractivity contribution in [3.63, 3.8) is 0 Å². The first kappa shape index (κ1) is 19.2. The lowest BCUT2D eigenvalue weighted by atomic mass is 10.2. The quantitative estimate of drug-likeness (QED) is 0.549. The van der Waals surface area contributed by atoms with E-state index in [2.05, 4.69) is 18.5 Å². The smallest absolute Gasteiger partial charge is 0.408 e. The van der Waals surface area contributed by atoms with Gasteiger partial charge in [-0.05, 0) is 20.8 Å². The van der Waals surface area contributed by atoms with Gasteiger partial charge < -0.3 is 19.5 Å². The number of esters is 1. The van der Waals surface area contributed by atoms with Crippen molar-refractivity contribution in [3.8, 4) is 0 Å². The van der Waals surface area contributed by atoms with Crippen LogP contribution in [0.3, 0.4) is 0 Å². The van der Waals surface area contributed by atoms with Crippen LogP contribution in [0, 0.1) is 0 Å². The molecule has 1 N–H and O–H groups in total. The molecule has 0 fully saturated rings. The molecule has 0 aromatic heterocycles. The Morgan fingerprint density at radius 2 is 1.81 bits per heavy atom. The summed E-state index contributed by atoms with van der Waals surface area (Å²) in [6.45, 7) is 14.1. The van der Waals surface area contributed by atoms with Crippen molar-refractivity contribution < 1.29 is 23.8 Å². The molecule has 0 aromatic rings. The van der Waals surface area contributed by atoms with Crippen molar-refractivity contribution in [2.24, 2.45) is 0 Å². The average Bonchev–Trinajstić information content (AvgIpc) is 2.34. The number of ether oxygens (including phenoxy) is 3. The molecule has 6 nitrogen and oxygen atoms in total. The van der Waals surface area contributed by atoms with Crippen molar-refractivity contribution in [1.29, 1.82) is 0 Å². The summed E-state index contributed by atoms with van der Waals surface area (Å²) in [5.74, 6) is -0.391. The number of carbonyl (C=O) groups excluding carboxylic acids is 2. The summed E-state index contributed by atoms with van der Waals surface area (Å²) in [6.07, 6.45) is 2.06. The average molecular weight is 299 g/mol. The first-order valence-electron chi connectivity index (χ1n) is 6.67. The third kappa shape index (κ3) is 10.6. The molecular weight excluding hydrogens is 274 g/mol. The van der Waals surface area contributed by atoms with E-state index in [1.807, 2.05) is 0 Å². The van der Waals surface area contributed by atoms with Crippen molar-refractivity contribution in [1.82, 2.24) is 5.32 Å². The fraction of sp³-hybridized carbons (Fsp3) is 0.600. The minimum absolute atomic E-state index is 0.0785. The van der Waals surface area contributed by atoms with Gasteiger partial charge in [0.15, 0.2) is 0 Å². The first-order valence-corrected chi connectivity index (χ1v) is 6.67. The maximum absolute atomic E-state index is 11.6. The van der Waals surface area contributed by atoms with E-state index in [1.165, 1.54) is 19.1 Å². The molecule has 0 radical (unpaired) electrons. The standard InChI is InChI=1S/C15H25NO5/c1-7-12(16-14(18)21-15(4,5)6)9-20-13(8-2)10-19-11(3)17/h7-8,12-13H,1-2,9-10H2,3-6H3,(H,16,18). The zero-order valence-corrected chi connectivity index (χ0v) is 13.2. The predicted octanol–water partition coefficient (Wildman–Crippen LogP) is 2.20. The van der Waals surface area contributed by atoms with Gasteiger partial charge in [0.05, 0.1) is 12.6 Å². The number of hydrogen-bond acceptors (Lipinski definition) is 5. The third-order valence-electron chi connectivity index (χ3n) is 2.19. The lowest BCUT2D eigenvalue weighted by Crippen LogP contribution is -2.41. The number of nitrogens with one attached hydrogen (secondary N) is 1. The fourth-order valence-corrected chi connectivity index (χ4v) is 1.24. The highest BCUT2D eigenvalue weighted by Gasteiger charge is 2.19. The second-order valence-electron chi connectivity index (χ2n) is 5.40. The van der Waals surface area contributed by atoms with E-state index >= 15 is 0 Å². The van der Waals surface area contributed by atoms with Crippen LogP contribution in [0.15, 0.2) is 25.3 Å². The molecule has 0 saturated heterocycles. The van der Waals surface area contributed by atoms with Gasteiger partial charge in [-0.3, -0.25) is 4.79 Å². The van der Waals surface area contributed by atoms with Gasteiger partial charge in [-0.1, -0.05) is 12.2 Å². The van der Waals surface area contributed by atoms with Gasteiger partial charge in [0.1, 0.15) is 18.3 Å². The maximum Gasteiger partial charge on any atom is 0.408 e. The summed E-state index contributed by atoms with van der Waals surface area (Å²) in [4.78, 5) is 22.4. The summed E-state index contributed by atoms with van der Waals surface area (Å²) in [6, 6.07) is -0.417. The van der Waals surface area contributed by atoms with Crippen molar-refractivity contribution in [3.05, 3.63) is 25.3 Å². The van der Waals surface area contributed by atoms with Crippen LogP contribution in [0.4, 0.5) is 4.79 Å². The summed E-state index contributed by atoms with van der Waals surface area (Å²) in [5.41, 5.74) is -0.574. The molecule has 1 amide bonds. The van der Waals surface area contributed by atoms with Crippen LogP contribution in [0.1, 0.15) is 27.7 Å². The number of amides is 1. The number of hydrogen-bond donors (Lipinski definition) is 1. The van der Waals surface area contributed by atoms with Crippen LogP contribution in [0.5, 0.6) is 0 Å². The molecule has 120 valence electrons. The molecule has 0 aliphatic rings. The van der Waals surface area contributed by atoms with Crippen LogP contribution in [0.2, 0.25) is 0 Å². The van der Waals surface area contributed by atoms with Gasteiger partial charge in [-0.25, -0.2) is 4.79 Å². The van der Waals surface area contributed by atoms with Crippen LogP contribution < -0.4 is 5.32 Å². The Morgan fingerprint density at radius 1 is 1.19 bits per heavy atom. The van der Waals surface area contributed by atoms with Crippen LogP contribution in [-0.2, 0) is 19.0 Å². The Morgan fingerprint density at radius 3 is 2.24 bits per heavy atom. The summed E-state index contributed by atoms with van der Waals surface area (Å²) in [5, 5.41) is 2.62. The van der Waals surface area contributed by atoms with E-state index in [4.69, 9.17) is 14.2 Å². The number of carbonyl (C=O) groups is 2. The Hall–Kier alpha value is -1.82. The Kier molecular flexibility index (Phi) is 8.38. The molecule has 0 aliphatic heterocycles. The zero-order chi connectivity index (χ0) is 16.5. The molecule has 2 unspecified atom stereocenters. The maximum atomic E-state index is 11.6. The molecule has 0 heterocycles. The van der Waals surface area contributed by atoms with Gasteiger partial charge in [-0.2, -0.15) is 0 Å². The molecule has 6 heteroatoms. The second-order valence-corrected chi connectivity index (χ2v) is 5.40. The van der Waals surface area contributed by atoms with E-state index in [-0.39, 0.29) is 13.2 Å². The SMILES string of the molecule is C=CC(COC(C=C)COC(C)=O)NC(=O)OC(C)(C)C. The normalized spacial score (nSPS) is 13.7. The van der Waals surface area contributed by atoms with Gasteiger partial charge in [0.2, 0.25) is 0 Å². The topological polar surface area (TPSA) is 73.9 Å². The molecule has 0 bridgehead atoms.